The van der Waals surface area contributed by atoms with Gasteiger partial charge >= 0.3 is 0 Å². The third kappa shape index (κ3) is 3.66. The maximum absolute atomic E-state index is 13.6. The van der Waals surface area contributed by atoms with Gasteiger partial charge in [-0.2, -0.15) is 0 Å². The summed E-state index contributed by atoms with van der Waals surface area (Å²) >= 11 is 0. The Hall–Kier alpha value is -1.16. The molecule has 0 heterocycles. The average Bonchev–Trinajstić information content (AvgIpc) is 2.27. The van der Waals surface area contributed by atoms with E-state index >= 15 is 0 Å². The lowest BCUT2D eigenvalue weighted by molar-refractivity contribution is 0.0141. The van der Waals surface area contributed by atoms with Crippen molar-refractivity contribution in [2.45, 2.75) is 32.1 Å². The summed E-state index contributed by atoms with van der Waals surface area (Å²) in [5, 5.41) is 0. The molecule has 17 heavy (non-hydrogen) atoms. The molecule has 1 aromatic rings. The fourth-order valence-corrected chi connectivity index (χ4v) is 1.91. The van der Waals surface area contributed by atoms with Gasteiger partial charge in [-0.1, -0.05) is 12.1 Å². The zero-order chi connectivity index (χ0) is 12.9. The highest BCUT2D eigenvalue weighted by Crippen LogP contribution is 2.37. The Bertz CT molecular complexity index is 361. The lowest BCUT2D eigenvalue weighted by Gasteiger charge is -2.19. The third-order valence-electron chi connectivity index (χ3n) is 2.67. The van der Waals surface area contributed by atoms with Crippen LogP contribution >= 0.6 is 0 Å². The van der Waals surface area contributed by atoms with Crippen LogP contribution < -0.4 is 10.5 Å². The molecule has 0 fully saturated rings. The Morgan fingerprint density at radius 1 is 1.29 bits per heavy atom. The van der Waals surface area contributed by atoms with E-state index in [1.807, 2.05) is 0 Å². The van der Waals surface area contributed by atoms with Crippen molar-refractivity contribution in [3.8, 4) is 5.75 Å². The fourth-order valence-electron chi connectivity index (χ4n) is 1.91. The number of hydrogen-bond acceptors (Lipinski definition) is 2. The molecule has 0 radical (unpaired) electrons. The molecule has 2 nitrogen and oxygen atoms in total. The Morgan fingerprint density at radius 3 is 2.53 bits per heavy atom. The quantitative estimate of drug-likeness (QED) is 0.779. The van der Waals surface area contributed by atoms with E-state index in [0.29, 0.717) is 18.5 Å². The predicted molar refractivity (Wildman–Crippen MR) is 64.6 cm³/mol. The zero-order valence-electron chi connectivity index (χ0n) is 10.3. The standard InChI is InChI=1S/C13H19F2NO/c1-13(14,15)12-10(6-3-4-9-16)7-5-8-11(12)17-2/h5,7-8H,3-4,6,9,16H2,1-2H3. The van der Waals surface area contributed by atoms with E-state index in [1.54, 1.807) is 18.2 Å². The SMILES string of the molecule is COc1cccc(CCCCN)c1C(C)(F)F. The molecule has 0 saturated carbocycles. The number of rotatable bonds is 6. The van der Waals surface area contributed by atoms with E-state index in [0.717, 1.165) is 19.8 Å². The molecule has 0 saturated heterocycles. The van der Waals surface area contributed by atoms with E-state index in [-0.39, 0.29) is 11.3 Å². The van der Waals surface area contributed by atoms with Crippen molar-refractivity contribution < 1.29 is 13.5 Å². The van der Waals surface area contributed by atoms with Crippen molar-refractivity contribution in [2.24, 2.45) is 5.73 Å². The van der Waals surface area contributed by atoms with E-state index in [9.17, 15) is 8.78 Å². The second kappa shape index (κ2) is 5.96. The van der Waals surface area contributed by atoms with Gasteiger partial charge in [0.25, 0.3) is 5.92 Å². The first-order valence-electron chi connectivity index (χ1n) is 5.75. The second-order valence-electron chi connectivity index (χ2n) is 4.13. The monoisotopic (exact) mass is 243 g/mol. The molecular formula is C13H19F2NO. The van der Waals surface area contributed by atoms with E-state index in [2.05, 4.69) is 0 Å². The van der Waals surface area contributed by atoms with E-state index in [4.69, 9.17) is 10.5 Å². The molecule has 96 valence electrons. The summed E-state index contributed by atoms with van der Waals surface area (Å²) in [5.74, 6) is -2.63. The molecular weight excluding hydrogens is 224 g/mol. The molecule has 4 heteroatoms. The molecule has 0 bridgehead atoms. The van der Waals surface area contributed by atoms with Crippen LogP contribution in [0.1, 0.15) is 30.9 Å². The highest BCUT2D eigenvalue weighted by atomic mass is 19.3. The second-order valence-corrected chi connectivity index (χ2v) is 4.13. The van der Waals surface area contributed by atoms with Crippen LogP contribution in [0.15, 0.2) is 18.2 Å². The van der Waals surface area contributed by atoms with Crippen molar-refractivity contribution in [2.75, 3.05) is 13.7 Å². The number of unbranched alkanes of at least 4 members (excludes halogenated alkanes) is 1. The number of hydrogen-bond donors (Lipinski definition) is 1. The van der Waals surface area contributed by atoms with Crippen molar-refractivity contribution in [1.82, 2.24) is 0 Å². The highest BCUT2D eigenvalue weighted by molar-refractivity contribution is 5.43. The predicted octanol–water partition coefficient (Wildman–Crippen LogP) is 3.09. The van der Waals surface area contributed by atoms with Crippen LogP contribution in [0.4, 0.5) is 8.78 Å². The van der Waals surface area contributed by atoms with Gasteiger partial charge in [0, 0.05) is 6.92 Å². The number of nitrogens with two attached hydrogens (primary N) is 1. The molecule has 1 aromatic carbocycles. The zero-order valence-corrected chi connectivity index (χ0v) is 10.3. The Kier molecular flexibility index (Phi) is 4.87. The number of alkyl halides is 2. The number of ether oxygens (including phenoxy) is 1. The normalized spacial score (nSPS) is 11.6. The molecule has 0 aliphatic heterocycles. The van der Waals surface area contributed by atoms with Gasteiger partial charge < -0.3 is 10.5 Å². The van der Waals surface area contributed by atoms with Crippen LogP contribution in [-0.2, 0) is 12.3 Å². The van der Waals surface area contributed by atoms with Gasteiger partial charge in [0.1, 0.15) is 5.75 Å². The highest BCUT2D eigenvalue weighted by Gasteiger charge is 2.31. The summed E-state index contributed by atoms with van der Waals surface area (Å²) in [6.45, 7) is 1.49. The Morgan fingerprint density at radius 2 is 2.00 bits per heavy atom. The van der Waals surface area contributed by atoms with Gasteiger partial charge in [0.05, 0.1) is 12.7 Å². The number of benzene rings is 1. The topological polar surface area (TPSA) is 35.2 Å². The maximum Gasteiger partial charge on any atom is 0.274 e. The summed E-state index contributed by atoms with van der Waals surface area (Å²) < 4.78 is 32.1. The number of methoxy groups -OCH3 is 1. The summed E-state index contributed by atoms with van der Waals surface area (Å²) in [6.07, 6.45) is 2.26. The van der Waals surface area contributed by atoms with Crippen molar-refractivity contribution in [3.63, 3.8) is 0 Å². The van der Waals surface area contributed by atoms with Crippen LogP contribution in [0.2, 0.25) is 0 Å². The van der Waals surface area contributed by atoms with Crippen LogP contribution in [0.3, 0.4) is 0 Å². The molecule has 1 rings (SSSR count). The van der Waals surface area contributed by atoms with E-state index in [1.165, 1.54) is 7.11 Å². The van der Waals surface area contributed by atoms with Gasteiger partial charge in [0.15, 0.2) is 0 Å². The van der Waals surface area contributed by atoms with Gasteiger partial charge in [-0.15, -0.1) is 0 Å². The van der Waals surface area contributed by atoms with Gasteiger partial charge in [-0.05, 0) is 37.4 Å². The first-order chi connectivity index (χ1) is 8.00. The van der Waals surface area contributed by atoms with Crippen molar-refractivity contribution in [3.05, 3.63) is 29.3 Å². The summed E-state index contributed by atoms with van der Waals surface area (Å²) in [7, 11) is 1.41. The molecule has 0 atom stereocenters. The van der Waals surface area contributed by atoms with E-state index < -0.39 is 5.92 Å². The maximum atomic E-state index is 13.6. The summed E-state index contributed by atoms with van der Waals surface area (Å²) in [6, 6.07) is 5.04. The molecule has 0 aliphatic rings. The van der Waals surface area contributed by atoms with Crippen molar-refractivity contribution in [1.29, 1.82) is 0 Å². The summed E-state index contributed by atoms with van der Waals surface area (Å²) in [5.41, 5.74) is 6.04. The minimum absolute atomic E-state index is 0.000443. The first-order valence-corrected chi connectivity index (χ1v) is 5.75. The third-order valence-corrected chi connectivity index (χ3v) is 2.67. The number of halogens is 2. The number of aryl methyl sites for hydroxylation is 1. The smallest absolute Gasteiger partial charge is 0.274 e. The van der Waals surface area contributed by atoms with Gasteiger partial charge in [0.2, 0.25) is 0 Å². The van der Waals surface area contributed by atoms with Crippen molar-refractivity contribution >= 4 is 0 Å². The van der Waals surface area contributed by atoms with Crippen LogP contribution in [-0.4, -0.2) is 13.7 Å². The van der Waals surface area contributed by atoms with Crippen LogP contribution in [0, 0.1) is 0 Å². The summed E-state index contributed by atoms with van der Waals surface area (Å²) in [4.78, 5) is 0. The first kappa shape index (κ1) is 13.9. The van der Waals surface area contributed by atoms with Gasteiger partial charge in [-0.3, -0.25) is 0 Å². The minimum Gasteiger partial charge on any atom is -0.496 e. The van der Waals surface area contributed by atoms with Crippen LogP contribution in [0.25, 0.3) is 0 Å². The van der Waals surface area contributed by atoms with Gasteiger partial charge in [-0.25, -0.2) is 8.78 Å². The molecule has 0 aliphatic carbocycles. The molecule has 0 aromatic heterocycles. The molecule has 0 unspecified atom stereocenters. The molecule has 2 N–H and O–H groups in total. The van der Waals surface area contributed by atoms with Crippen LogP contribution in [0.5, 0.6) is 5.75 Å². The Balaban J connectivity index is 3.02. The lowest BCUT2D eigenvalue weighted by atomic mass is 9.97. The Labute approximate surface area is 101 Å². The molecule has 0 amide bonds. The fraction of sp³-hybridized carbons (Fsp3) is 0.538. The minimum atomic E-state index is -2.88. The lowest BCUT2D eigenvalue weighted by Crippen LogP contribution is -2.13. The largest absolute Gasteiger partial charge is 0.496 e. The molecule has 0 spiro atoms. The average molecular weight is 243 g/mol.